The first-order valence-corrected chi connectivity index (χ1v) is 8.56. The minimum absolute atomic E-state index is 0.0125. The van der Waals surface area contributed by atoms with Crippen LogP contribution in [0.1, 0.15) is 21.5 Å². The zero-order chi connectivity index (χ0) is 22.0. The summed E-state index contributed by atoms with van der Waals surface area (Å²) in [5, 5.41) is 22.6. The highest BCUT2D eigenvalue weighted by Gasteiger charge is 2.35. The first kappa shape index (κ1) is 20.5. The number of amides is 2. The molecule has 0 bridgehead atoms. The van der Waals surface area contributed by atoms with Crippen LogP contribution in [0.25, 0.3) is 11.6 Å². The molecule has 2 aromatic carbocycles. The molecule has 0 atom stereocenters. The smallest absolute Gasteiger partial charge is 0.280 e. The summed E-state index contributed by atoms with van der Waals surface area (Å²) >= 11 is 0. The monoisotopic (exact) mass is 411 g/mol. The maximum atomic E-state index is 12.9. The van der Waals surface area contributed by atoms with E-state index in [2.05, 4.69) is 0 Å². The summed E-state index contributed by atoms with van der Waals surface area (Å²) in [6, 6.07) is 8.54. The molecule has 3 rings (SSSR count). The van der Waals surface area contributed by atoms with Crippen LogP contribution < -0.4 is 14.6 Å². The highest BCUT2D eigenvalue weighted by atomic mass is 16.6. The second kappa shape index (κ2) is 8.03. The lowest BCUT2D eigenvalue weighted by molar-refractivity contribution is -0.385. The van der Waals surface area contributed by atoms with Crippen LogP contribution in [0.2, 0.25) is 0 Å². The first-order chi connectivity index (χ1) is 14.3. The quantitative estimate of drug-likeness (QED) is 0.295. The minimum atomic E-state index is -1.62. The number of carboxylic acids is 1. The number of imide groups is 1. The number of carboxylic acid groups (broad SMARTS) is 1. The number of fused-ring (bicyclic) bond motifs is 1. The lowest BCUT2D eigenvalue weighted by atomic mass is 9.91. The van der Waals surface area contributed by atoms with E-state index in [1.165, 1.54) is 38.5 Å². The number of ether oxygens (including phenoxy) is 2. The Kier molecular flexibility index (Phi) is 5.50. The normalized spacial score (nSPS) is 14.5. The topological polar surface area (TPSA) is 139 Å². The van der Waals surface area contributed by atoms with Crippen molar-refractivity contribution < 1.29 is 33.9 Å². The summed E-state index contributed by atoms with van der Waals surface area (Å²) in [5.41, 5.74) is -0.118. The lowest BCUT2D eigenvalue weighted by Gasteiger charge is -2.28. The van der Waals surface area contributed by atoms with Gasteiger partial charge in [-0.3, -0.25) is 24.6 Å². The average molecular weight is 411 g/mol. The maximum absolute atomic E-state index is 12.9. The molecule has 0 aliphatic carbocycles. The van der Waals surface area contributed by atoms with E-state index >= 15 is 0 Å². The molecular weight excluding hydrogens is 396 g/mol. The number of rotatable bonds is 6. The van der Waals surface area contributed by atoms with Crippen molar-refractivity contribution in [1.82, 2.24) is 4.90 Å². The highest BCUT2D eigenvalue weighted by Crippen LogP contribution is 2.38. The van der Waals surface area contributed by atoms with E-state index in [1.54, 1.807) is 12.1 Å². The van der Waals surface area contributed by atoms with Crippen LogP contribution in [0, 0.1) is 10.1 Å². The van der Waals surface area contributed by atoms with E-state index < -0.39 is 29.3 Å². The van der Waals surface area contributed by atoms with E-state index in [0.29, 0.717) is 4.90 Å². The van der Waals surface area contributed by atoms with Crippen LogP contribution in [0.4, 0.5) is 5.69 Å². The van der Waals surface area contributed by atoms with Crippen molar-refractivity contribution in [2.45, 2.75) is 0 Å². The van der Waals surface area contributed by atoms with Gasteiger partial charge in [-0.25, -0.2) is 0 Å². The van der Waals surface area contributed by atoms with Gasteiger partial charge >= 0.3 is 0 Å². The fourth-order valence-corrected chi connectivity index (χ4v) is 3.13. The highest BCUT2D eigenvalue weighted by molar-refractivity contribution is 6.34. The molecule has 0 unspecified atom stereocenters. The van der Waals surface area contributed by atoms with Gasteiger partial charge in [0.1, 0.15) is 0 Å². The SMILES string of the molecule is COc1cc(/C=C2\C(=O)N(CC(=O)[O-])C(=O)c3ccccc32)c([N+](=O)[O-])cc1OC. The molecule has 1 heterocycles. The number of carbonyl (C=O) groups excluding carboxylic acids is 3. The summed E-state index contributed by atoms with van der Waals surface area (Å²) in [5.74, 6) is -3.01. The van der Waals surface area contributed by atoms with E-state index in [1.807, 2.05) is 0 Å². The molecular formula is C20H15N2O8-. The van der Waals surface area contributed by atoms with Crippen molar-refractivity contribution >= 4 is 35.1 Å². The van der Waals surface area contributed by atoms with E-state index in [4.69, 9.17) is 9.47 Å². The third-order valence-corrected chi connectivity index (χ3v) is 4.48. The Balaban J connectivity index is 2.26. The van der Waals surface area contributed by atoms with Gasteiger partial charge < -0.3 is 19.4 Å². The van der Waals surface area contributed by atoms with Gasteiger partial charge in [-0.1, -0.05) is 18.2 Å². The number of carbonyl (C=O) groups is 3. The number of hydrogen-bond acceptors (Lipinski definition) is 8. The molecule has 0 saturated heterocycles. The molecule has 0 aromatic heterocycles. The number of hydrogen-bond donors (Lipinski definition) is 0. The van der Waals surface area contributed by atoms with Crippen molar-refractivity contribution in [2.75, 3.05) is 20.8 Å². The molecule has 0 saturated carbocycles. The van der Waals surface area contributed by atoms with Crippen LogP contribution in [-0.2, 0) is 9.59 Å². The third-order valence-electron chi connectivity index (χ3n) is 4.48. The van der Waals surface area contributed by atoms with E-state index in [9.17, 15) is 29.6 Å². The van der Waals surface area contributed by atoms with Crippen LogP contribution in [0.15, 0.2) is 36.4 Å². The Morgan fingerprint density at radius 3 is 2.23 bits per heavy atom. The van der Waals surface area contributed by atoms with E-state index in [0.717, 1.165) is 6.07 Å². The Labute approximate surface area is 170 Å². The molecule has 2 amide bonds. The predicted molar refractivity (Wildman–Crippen MR) is 102 cm³/mol. The fraction of sp³-hybridized carbons (Fsp3) is 0.150. The van der Waals surface area contributed by atoms with Gasteiger partial charge in [0, 0.05) is 11.1 Å². The lowest BCUT2D eigenvalue weighted by Crippen LogP contribution is -2.47. The molecule has 10 nitrogen and oxygen atoms in total. The van der Waals surface area contributed by atoms with Gasteiger partial charge in [-0.05, 0) is 23.8 Å². The molecule has 0 fully saturated rings. The van der Waals surface area contributed by atoms with Crippen LogP contribution in [0.3, 0.4) is 0 Å². The molecule has 0 radical (unpaired) electrons. The van der Waals surface area contributed by atoms with Crippen molar-refractivity contribution in [3.8, 4) is 11.5 Å². The Hall–Kier alpha value is -4.21. The summed E-state index contributed by atoms with van der Waals surface area (Å²) in [6.07, 6.45) is 1.22. The van der Waals surface area contributed by atoms with Gasteiger partial charge in [0.25, 0.3) is 17.5 Å². The molecule has 0 spiro atoms. The van der Waals surface area contributed by atoms with Gasteiger partial charge in [0.2, 0.25) is 0 Å². The number of nitro groups is 1. The maximum Gasteiger partial charge on any atom is 0.280 e. The Morgan fingerprint density at radius 1 is 1.07 bits per heavy atom. The average Bonchev–Trinajstić information content (AvgIpc) is 2.73. The summed E-state index contributed by atoms with van der Waals surface area (Å²) in [6.45, 7) is -0.947. The first-order valence-electron chi connectivity index (χ1n) is 8.56. The largest absolute Gasteiger partial charge is 0.548 e. The number of methoxy groups -OCH3 is 2. The van der Waals surface area contributed by atoms with Gasteiger partial charge in [0.15, 0.2) is 11.5 Å². The van der Waals surface area contributed by atoms with Crippen LogP contribution >= 0.6 is 0 Å². The number of nitro benzene ring substituents is 1. The second-order valence-corrected chi connectivity index (χ2v) is 6.20. The van der Waals surface area contributed by atoms with Crippen molar-refractivity contribution in [1.29, 1.82) is 0 Å². The van der Waals surface area contributed by atoms with Crippen LogP contribution in [0.5, 0.6) is 11.5 Å². The molecule has 30 heavy (non-hydrogen) atoms. The molecule has 1 aliphatic rings. The fourth-order valence-electron chi connectivity index (χ4n) is 3.13. The van der Waals surface area contributed by atoms with Crippen molar-refractivity contribution in [3.05, 3.63) is 63.2 Å². The minimum Gasteiger partial charge on any atom is -0.548 e. The van der Waals surface area contributed by atoms with Crippen LogP contribution in [-0.4, -0.2) is 48.4 Å². The number of benzene rings is 2. The summed E-state index contributed by atoms with van der Waals surface area (Å²) in [7, 11) is 2.67. The van der Waals surface area contributed by atoms with Gasteiger partial charge in [-0.2, -0.15) is 0 Å². The standard InChI is InChI=1S/C20H16N2O8/c1-29-16-8-11(15(22(27)28)9-17(16)30-2)7-14-12-5-3-4-6-13(12)19(25)21(20(14)26)10-18(23)24/h3-9H,10H2,1-2H3,(H,23,24)/p-1/b14-7-. The van der Waals surface area contributed by atoms with Crippen molar-refractivity contribution in [3.63, 3.8) is 0 Å². The summed E-state index contributed by atoms with van der Waals surface area (Å²) < 4.78 is 10.3. The molecule has 154 valence electrons. The third kappa shape index (κ3) is 3.58. The Morgan fingerprint density at radius 2 is 1.67 bits per heavy atom. The molecule has 1 aliphatic heterocycles. The molecule has 2 aromatic rings. The van der Waals surface area contributed by atoms with Gasteiger partial charge in [0.05, 0.1) is 43.3 Å². The Bertz CT molecular complexity index is 1110. The van der Waals surface area contributed by atoms with Gasteiger partial charge in [-0.15, -0.1) is 0 Å². The second-order valence-electron chi connectivity index (χ2n) is 6.20. The molecule has 10 heteroatoms. The zero-order valence-corrected chi connectivity index (χ0v) is 15.9. The van der Waals surface area contributed by atoms with Crippen molar-refractivity contribution in [2.24, 2.45) is 0 Å². The molecule has 0 N–H and O–H groups in total. The predicted octanol–water partition coefficient (Wildman–Crippen LogP) is 0.885. The zero-order valence-electron chi connectivity index (χ0n) is 15.9. The number of nitrogens with zero attached hydrogens (tertiary/aromatic N) is 2. The van der Waals surface area contributed by atoms with E-state index in [-0.39, 0.29) is 39.4 Å². The number of aliphatic carboxylic acids is 1. The summed E-state index contributed by atoms with van der Waals surface area (Å²) in [4.78, 5) is 47.9.